The number of aromatic nitrogens is 1. The molecule has 3 aromatic rings. The van der Waals surface area contributed by atoms with Crippen molar-refractivity contribution in [2.45, 2.75) is 12.7 Å². The molecule has 1 atom stereocenters. The lowest BCUT2D eigenvalue weighted by atomic mass is 10.1. The number of alkyl halides is 2. The number of methoxy groups -OCH3 is 1. The van der Waals surface area contributed by atoms with Gasteiger partial charge in [0.2, 0.25) is 0 Å². The van der Waals surface area contributed by atoms with E-state index in [0.29, 0.717) is 5.69 Å². The second-order valence-electron chi connectivity index (χ2n) is 5.69. The first kappa shape index (κ1) is 19.3. The van der Waals surface area contributed by atoms with Gasteiger partial charge in [-0.1, -0.05) is 36.4 Å². The van der Waals surface area contributed by atoms with Crippen LogP contribution in [0.25, 0.3) is 0 Å². The van der Waals surface area contributed by atoms with E-state index in [4.69, 9.17) is 9.47 Å². The highest BCUT2D eigenvalue weighted by Crippen LogP contribution is 2.31. The van der Waals surface area contributed by atoms with Crippen LogP contribution in [0.3, 0.4) is 0 Å². The lowest BCUT2D eigenvalue weighted by molar-refractivity contribution is -0.0512. The third-order valence-electron chi connectivity index (χ3n) is 3.90. The molecule has 0 amide bonds. The maximum Gasteiger partial charge on any atom is 0.387 e. The first-order valence-corrected chi connectivity index (χ1v) is 8.38. The number of pyridine rings is 1. The Morgan fingerprint density at radius 3 is 2.36 bits per heavy atom. The molecule has 28 heavy (non-hydrogen) atoms. The van der Waals surface area contributed by atoms with Crippen molar-refractivity contribution in [2.75, 3.05) is 7.11 Å². The molecule has 3 rings (SSSR count). The number of hydrogen-bond donors (Lipinski definition) is 0. The van der Waals surface area contributed by atoms with Gasteiger partial charge in [0.15, 0.2) is 17.6 Å². The van der Waals surface area contributed by atoms with Crippen LogP contribution in [-0.4, -0.2) is 24.7 Å². The lowest BCUT2D eigenvalue weighted by Gasteiger charge is -2.18. The summed E-state index contributed by atoms with van der Waals surface area (Å²) in [7, 11) is 1.30. The van der Waals surface area contributed by atoms with Gasteiger partial charge in [-0.25, -0.2) is 4.79 Å². The van der Waals surface area contributed by atoms with Gasteiger partial charge in [-0.3, -0.25) is 4.98 Å². The maximum absolute atomic E-state index is 12.7. The van der Waals surface area contributed by atoms with Gasteiger partial charge in [-0.05, 0) is 35.9 Å². The number of halogens is 2. The fourth-order valence-electron chi connectivity index (χ4n) is 2.62. The SMILES string of the molecule is COc1cc(C(=O)OC(c2ccccc2)c2ccccn2)ccc1OC(F)F. The van der Waals surface area contributed by atoms with Gasteiger partial charge < -0.3 is 14.2 Å². The number of ether oxygens (including phenoxy) is 3. The predicted molar refractivity (Wildman–Crippen MR) is 97.6 cm³/mol. The summed E-state index contributed by atoms with van der Waals surface area (Å²) < 4.78 is 40.0. The molecule has 0 aliphatic carbocycles. The highest BCUT2D eigenvalue weighted by molar-refractivity contribution is 5.90. The van der Waals surface area contributed by atoms with E-state index in [9.17, 15) is 13.6 Å². The average molecular weight is 385 g/mol. The van der Waals surface area contributed by atoms with Gasteiger partial charge >= 0.3 is 12.6 Å². The van der Waals surface area contributed by atoms with Crippen molar-refractivity contribution < 1.29 is 27.8 Å². The number of nitrogens with zero attached hydrogens (tertiary/aromatic N) is 1. The fraction of sp³-hybridized carbons (Fsp3) is 0.143. The molecule has 0 saturated heterocycles. The molecule has 144 valence electrons. The van der Waals surface area contributed by atoms with E-state index in [1.807, 2.05) is 30.3 Å². The predicted octanol–water partition coefficient (Wildman–Crippen LogP) is 4.64. The third kappa shape index (κ3) is 4.62. The molecule has 5 nitrogen and oxygen atoms in total. The van der Waals surface area contributed by atoms with E-state index in [-0.39, 0.29) is 17.1 Å². The fourth-order valence-corrected chi connectivity index (χ4v) is 2.62. The lowest BCUT2D eigenvalue weighted by Crippen LogP contribution is -2.14. The highest BCUT2D eigenvalue weighted by Gasteiger charge is 2.22. The zero-order valence-corrected chi connectivity index (χ0v) is 14.9. The average Bonchev–Trinajstić information content (AvgIpc) is 2.73. The Kier molecular flexibility index (Phi) is 6.16. The molecule has 0 aliphatic heterocycles. The first-order chi connectivity index (χ1) is 13.6. The van der Waals surface area contributed by atoms with Crippen molar-refractivity contribution in [3.05, 3.63) is 89.7 Å². The molecule has 0 fully saturated rings. The van der Waals surface area contributed by atoms with E-state index < -0.39 is 18.7 Å². The van der Waals surface area contributed by atoms with Crippen molar-refractivity contribution >= 4 is 5.97 Å². The minimum absolute atomic E-state index is 0.00356. The molecule has 2 aromatic carbocycles. The summed E-state index contributed by atoms with van der Waals surface area (Å²) in [4.78, 5) is 17.0. The molecule has 0 radical (unpaired) electrons. The number of rotatable bonds is 7. The Morgan fingerprint density at radius 1 is 0.964 bits per heavy atom. The quantitative estimate of drug-likeness (QED) is 0.555. The van der Waals surface area contributed by atoms with Gasteiger partial charge in [0.1, 0.15) is 0 Å². The largest absolute Gasteiger partial charge is 0.493 e. The van der Waals surface area contributed by atoms with Gasteiger partial charge in [-0.15, -0.1) is 0 Å². The molecule has 0 bridgehead atoms. The second-order valence-corrected chi connectivity index (χ2v) is 5.69. The summed E-state index contributed by atoms with van der Waals surface area (Å²) in [5, 5.41) is 0. The molecule has 7 heteroatoms. The summed E-state index contributed by atoms with van der Waals surface area (Å²) in [6, 6.07) is 18.4. The van der Waals surface area contributed by atoms with Crippen LogP contribution in [0.2, 0.25) is 0 Å². The zero-order valence-electron chi connectivity index (χ0n) is 14.9. The van der Waals surface area contributed by atoms with Crippen LogP contribution in [0.15, 0.2) is 72.9 Å². The standard InChI is InChI=1S/C21H17F2NO4/c1-26-18-13-15(10-11-17(18)27-21(22)23)20(25)28-19(14-7-3-2-4-8-14)16-9-5-6-12-24-16/h2-13,19,21H,1H3. The van der Waals surface area contributed by atoms with Crippen molar-refractivity contribution in [1.82, 2.24) is 4.98 Å². The van der Waals surface area contributed by atoms with Crippen molar-refractivity contribution in [3.8, 4) is 11.5 Å². The minimum atomic E-state index is -3.00. The van der Waals surface area contributed by atoms with Gasteiger partial charge in [0, 0.05) is 6.20 Å². The van der Waals surface area contributed by atoms with Crippen molar-refractivity contribution in [3.63, 3.8) is 0 Å². The Morgan fingerprint density at radius 2 is 1.71 bits per heavy atom. The number of esters is 1. The Hall–Kier alpha value is -3.48. The van der Waals surface area contributed by atoms with Crippen LogP contribution < -0.4 is 9.47 Å². The summed E-state index contributed by atoms with van der Waals surface area (Å²) in [5.41, 5.74) is 1.45. The van der Waals surface area contributed by atoms with E-state index in [1.54, 1.807) is 24.4 Å². The Labute approximate surface area is 160 Å². The molecule has 1 aromatic heterocycles. The third-order valence-corrected chi connectivity index (χ3v) is 3.90. The molecular formula is C21H17F2NO4. The van der Waals surface area contributed by atoms with Crippen LogP contribution in [0.1, 0.15) is 27.7 Å². The van der Waals surface area contributed by atoms with Crippen LogP contribution in [-0.2, 0) is 4.74 Å². The topological polar surface area (TPSA) is 57.7 Å². The number of carbonyl (C=O) groups excluding carboxylic acids is 1. The highest BCUT2D eigenvalue weighted by atomic mass is 19.3. The number of benzene rings is 2. The zero-order chi connectivity index (χ0) is 19.9. The van der Waals surface area contributed by atoms with Crippen molar-refractivity contribution in [2.24, 2.45) is 0 Å². The van der Waals surface area contributed by atoms with Gasteiger partial charge in [0.05, 0.1) is 18.4 Å². The van der Waals surface area contributed by atoms with E-state index >= 15 is 0 Å². The van der Waals surface area contributed by atoms with Crippen molar-refractivity contribution in [1.29, 1.82) is 0 Å². The monoisotopic (exact) mass is 385 g/mol. The molecule has 0 saturated carbocycles. The molecule has 0 aliphatic rings. The maximum atomic E-state index is 12.7. The Balaban J connectivity index is 1.88. The van der Waals surface area contributed by atoms with Crippen LogP contribution >= 0.6 is 0 Å². The van der Waals surface area contributed by atoms with Crippen LogP contribution in [0.5, 0.6) is 11.5 Å². The summed E-state index contributed by atoms with van der Waals surface area (Å²) in [6.45, 7) is -3.00. The normalized spacial score (nSPS) is 11.7. The minimum Gasteiger partial charge on any atom is -0.493 e. The van der Waals surface area contributed by atoms with E-state index in [0.717, 1.165) is 5.56 Å². The summed E-state index contributed by atoms with van der Waals surface area (Å²) >= 11 is 0. The number of hydrogen-bond acceptors (Lipinski definition) is 5. The summed E-state index contributed by atoms with van der Waals surface area (Å²) in [5.74, 6) is -0.816. The van der Waals surface area contributed by atoms with Crippen LogP contribution in [0, 0.1) is 0 Å². The Bertz CT molecular complexity index is 881. The molecule has 1 unspecified atom stereocenters. The molecule has 0 N–H and O–H groups in total. The van der Waals surface area contributed by atoms with E-state index in [2.05, 4.69) is 9.72 Å². The molecule has 1 heterocycles. The first-order valence-electron chi connectivity index (χ1n) is 8.38. The van der Waals surface area contributed by atoms with E-state index in [1.165, 1.54) is 25.3 Å². The number of carbonyl (C=O) groups is 1. The van der Waals surface area contributed by atoms with Crippen LogP contribution in [0.4, 0.5) is 8.78 Å². The second kappa shape index (κ2) is 8.94. The summed E-state index contributed by atoms with van der Waals surface area (Å²) in [6.07, 6.45) is 0.886. The molecule has 0 spiro atoms. The van der Waals surface area contributed by atoms with Gasteiger partial charge in [-0.2, -0.15) is 8.78 Å². The molecular weight excluding hydrogens is 368 g/mol. The smallest absolute Gasteiger partial charge is 0.387 e. The van der Waals surface area contributed by atoms with Gasteiger partial charge in [0.25, 0.3) is 0 Å².